The minimum Gasteiger partial charge on any atom is -0.382 e. The van der Waals surface area contributed by atoms with Gasteiger partial charge >= 0.3 is 0 Å². The summed E-state index contributed by atoms with van der Waals surface area (Å²) in [4.78, 5) is 2.49. The molecular weight excluding hydrogens is 234 g/mol. The molecule has 1 aliphatic heterocycles. The minimum absolute atomic E-state index is 0.390. The highest BCUT2D eigenvalue weighted by Crippen LogP contribution is 2.28. The van der Waals surface area contributed by atoms with E-state index in [1.165, 1.54) is 49.3 Å². The molecule has 104 valence electrons. The van der Waals surface area contributed by atoms with Gasteiger partial charge in [0.05, 0.1) is 0 Å². The average Bonchev–Trinajstić information content (AvgIpc) is 3.03. The molecule has 19 heavy (non-hydrogen) atoms. The number of hydrogen-bond donors (Lipinski definition) is 2. The van der Waals surface area contributed by atoms with Crippen molar-refractivity contribution < 1.29 is 0 Å². The molecule has 1 aromatic rings. The fourth-order valence-electron chi connectivity index (χ4n) is 3.35. The largest absolute Gasteiger partial charge is 0.382 e. The first-order valence-electron chi connectivity index (χ1n) is 7.60. The summed E-state index contributed by atoms with van der Waals surface area (Å²) in [5.74, 6) is 0. The van der Waals surface area contributed by atoms with Crippen LogP contribution in [0.1, 0.15) is 37.7 Å². The van der Waals surface area contributed by atoms with Crippen molar-refractivity contribution in [1.29, 1.82) is 0 Å². The quantitative estimate of drug-likeness (QED) is 0.877. The monoisotopic (exact) mass is 259 g/mol. The van der Waals surface area contributed by atoms with Crippen molar-refractivity contribution in [2.45, 2.75) is 51.1 Å². The van der Waals surface area contributed by atoms with Gasteiger partial charge in [-0.3, -0.25) is 0 Å². The van der Waals surface area contributed by atoms with Gasteiger partial charge in [0.1, 0.15) is 0 Å². The minimum atomic E-state index is 0.390. The van der Waals surface area contributed by atoms with E-state index in [9.17, 15) is 0 Å². The van der Waals surface area contributed by atoms with Crippen molar-refractivity contribution in [3.63, 3.8) is 0 Å². The maximum absolute atomic E-state index is 5.98. The summed E-state index contributed by atoms with van der Waals surface area (Å²) in [6.07, 6.45) is 6.13. The molecule has 0 radical (unpaired) electrons. The number of anilines is 2. The lowest BCUT2D eigenvalue weighted by Crippen LogP contribution is -2.21. The number of benzene rings is 1. The van der Waals surface area contributed by atoms with Crippen LogP contribution in [0.3, 0.4) is 0 Å². The Bertz CT molecular complexity index is 438. The Morgan fingerprint density at radius 1 is 1.21 bits per heavy atom. The summed E-state index contributed by atoms with van der Waals surface area (Å²) < 4.78 is 0. The van der Waals surface area contributed by atoms with Crippen LogP contribution in [0.2, 0.25) is 0 Å². The standard InChI is InChI=1S/C16H25N3/c1-12-10-15(19-8-2-3-9-19)6-7-16(12)18-14-5-4-13(17)11-14/h6-7,10,13-14,18H,2-5,8-9,11,17H2,1H3. The molecule has 2 fully saturated rings. The van der Waals surface area contributed by atoms with Crippen LogP contribution in [0.25, 0.3) is 0 Å². The van der Waals surface area contributed by atoms with Crippen molar-refractivity contribution in [2.75, 3.05) is 23.3 Å². The highest BCUT2D eigenvalue weighted by atomic mass is 15.1. The van der Waals surface area contributed by atoms with E-state index in [1.54, 1.807) is 0 Å². The van der Waals surface area contributed by atoms with Crippen molar-refractivity contribution in [3.05, 3.63) is 23.8 Å². The van der Waals surface area contributed by atoms with Gasteiger partial charge in [0.2, 0.25) is 0 Å². The second-order valence-electron chi connectivity index (χ2n) is 6.11. The second-order valence-corrected chi connectivity index (χ2v) is 6.11. The Morgan fingerprint density at radius 3 is 2.63 bits per heavy atom. The zero-order chi connectivity index (χ0) is 13.2. The molecule has 1 aliphatic carbocycles. The molecule has 0 amide bonds. The van der Waals surface area contributed by atoms with Crippen molar-refractivity contribution >= 4 is 11.4 Å². The number of nitrogens with two attached hydrogens (primary N) is 1. The third-order valence-electron chi connectivity index (χ3n) is 4.51. The van der Waals surface area contributed by atoms with Crippen LogP contribution in [-0.2, 0) is 0 Å². The summed E-state index contributed by atoms with van der Waals surface area (Å²) in [7, 11) is 0. The lowest BCUT2D eigenvalue weighted by molar-refractivity contribution is 0.687. The molecule has 1 aromatic carbocycles. The lowest BCUT2D eigenvalue weighted by atomic mass is 10.1. The van der Waals surface area contributed by atoms with E-state index in [4.69, 9.17) is 5.73 Å². The second kappa shape index (κ2) is 5.41. The van der Waals surface area contributed by atoms with Crippen LogP contribution in [0.15, 0.2) is 18.2 Å². The van der Waals surface area contributed by atoms with Gasteiger partial charge in [0.15, 0.2) is 0 Å². The number of rotatable bonds is 3. The van der Waals surface area contributed by atoms with Crippen LogP contribution < -0.4 is 16.0 Å². The van der Waals surface area contributed by atoms with Crippen LogP contribution >= 0.6 is 0 Å². The van der Waals surface area contributed by atoms with Gasteiger partial charge < -0.3 is 16.0 Å². The third-order valence-corrected chi connectivity index (χ3v) is 4.51. The molecule has 0 aromatic heterocycles. The van der Waals surface area contributed by atoms with Gasteiger partial charge in [-0.25, -0.2) is 0 Å². The Balaban J connectivity index is 1.69. The molecule has 0 bridgehead atoms. The Hall–Kier alpha value is -1.22. The highest BCUT2D eigenvalue weighted by molar-refractivity contribution is 5.61. The lowest BCUT2D eigenvalue weighted by Gasteiger charge is -2.21. The van der Waals surface area contributed by atoms with Crippen LogP contribution in [-0.4, -0.2) is 25.2 Å². The zero-order valence-corrected chi connectivity index (χ0v) is 11.9. The van der Waals surface area contributed by atoms with E-state index >= 15 is 0 Å². The summed E-state index contributed by atoms with van der Waals surface area (Å²) in [6.45, 7) is 4.63. The van der Waals surface area contributed by atoms with Crippen LogP contribution in [0.4, 0.5) is 11.4 Å². The molecule has 1 heterocycles. The van der Waals surface area contributed by atoms with E-state index < -0.39 is 0 Å². The molecule has 0 spiro atoms. The highest BCUT2D eigenvalue weighted by Gasteiger charge is 2.22. The van der Waals surface area contributed by atoms with Crippen molar-refractivity contribution in [2.24, 2.45) is 5.73 Å². The summed E-state index contributed by atoms with van der Waals surface area (Å²) in [5.41, 5.74) is 9.99. The maximum atomic E-state index is 5.98. The molecule has 3 heteroatoms. The SMILES string of the molecule is Cc1cc(N2CCCC2)ccc1NC1CCC(N)C1. The van der Waals surface area contributed by atoms with Crippen LogP contribution in [0.5, 0.6) is 0 Å². The smallest absolute Gasteiger partial charge is 0.0373 e. The van der Waals surface area contributed by atoms with Gasteiger partial charge in [-0.05, 0) is 62.8 Å². The fraction of sp³-hybridized carbons (Fsp3) is 0.625. The molecule has 3 nitrogen and oxygen atoms in total. The van der Waals surface area contributed by atoms with E-state index in [-0.39, 0.29) is 0 Å². The number of nitrogens with zero attached hydrogens (tertiary/aromatic N) is 1. The fourth-order valence-corrected chi connectivity index (χ4v) is 3.35. The molecule has 3 rings (SSSR count). The molecule has 2 unspecified atom stereocenters. The van der Waals surface area contributed by atoms with Gasteiger partial charge in [-0.15, -0.1) is 0 Å². The number of nitrogens with one attached hydrogen (secondary N) is 1. The van der Waals surface area contributed by atoms with E-state index in [2.05, 4.69) is 35.3 Å². The average molecular weight is 259 g/mol. The molecule has 1 saturated heterocycles. The van der Waals surface area contributed by atoms with Gasteiger partial charge in [0.25, 0.3) is 0 Å². The first-order chi connectivity index (χ1) is 9.22. The summed E-state index contributed by atoms with van der Waals surface area (Å²) >= 11 is 0. The van der Waals surface area contributed by atoms with Gasteiger partial charge in [-0.1, -0.05) is 0 Å². The Labute approximate surface area is 116 Å². The molecule has 2 aliphatic rings. The first kappa shape index (κ1) is 12.8. The van der Waals surface area contributed by atoms with Crippen molar-refractivity contribution in [1.82, 2.24) is 0 Å². The van der Waals surface area contributed by atoms with E-state index in [0.29, 0.717) is 12.1 Å². The third kappa shape index (κ3) is 2.86. The van der Waals surface area contributed by atoms with Gasteiger partial charge in [0, 0.05) is 36.5 Å². The molecule has 1 saturated carbocycles. The number of hydrogen-bond acceptors (Lipinski definition) is 3. The Kier molecular flexibility index (Phi) is 3.65. The van der Waals surface area contributed by atoms with E-state index in [1.807, 2.05) is 0 Å². The molecule has 3 N–H and O–H groups in total. The first-order valence-corrected chi connectivity index (χ1v) is 7.60. The summed E-state index contributed by atoms with van der Waals surface area (Å²) in [5, 5.41) is 3.66. The number of aryl methyl sites for hydroxylation is 1. The van der Waals surface area contributed by atoms with E-state index in [0.717, 1.165) is 12.8 Å². The van der Waals surface area contributed by atoms with Gasteiger partial charge in [-0.2, -0.15) is 0 Å². The van der Waals surface area contributed by atoms with Crippen LogP contribution in [0, 0.1) is 6.92 Å². The molecular formula is C16H25N3. The predicted molar refractivity (Wildman–Crippen MR) is 81.9 cm³/mol. The maximum Gasteiger partial charge on any atom is 0.0373 e. The summed E-state index contributed by atoms with van der Waals surface area (Å²) in [6, 6.07) is 7.78. The Morgan fingerprint density at radius 2 is 2.00 bits per heavy atom. The predicted octanol–water partition coefficient (Wildman–Crippen LogP) is 2.89. The van der Waals surface area contributed by atoms with Crippen molar-refractivity contribution in [3.8, 4) is 0 Å². The topological polar surface area (TPSA) is 41.3 Å². The normalized spacial score (nSPS) is 26.9. The zero-order valence-electron chi connectivity index (χ0n) is 11.9. The molecule has 2 atom stereocenters.